The highest BCUT2D eigenvalue weighted by Crippen LogP contribution is 2.20. The summed E-state index contributed by atoms with van der Waals surface area (Å²) >= 11 is 3.45. The average Bonchev–Trinajstić information content (AvgIpc) is 2.58. The van der Waals surface area contributed by atoms with E-state index < -0.39 is 0 Å². The number of aromatic amines is 1. The lowest BCUT2D eigenvalue weighted by molar-refractivity contribution is 0.340. The van der Waals surface area contributed by atoms with Crippen LogP contribution in [0.3, 0.4) is 0 Å². The first-order valence-corrected chi connectivity index (χ1v) is 6.41. The van der Waals surface area contributed by atoms with Crippen molar-refractivity contribution in [1.29, 1.82) is 0 Å². The number of nitrogens with zero attached hydrogens (tertiary/aromatic N) is 1. The maximum absolute atomic E-state index is 5.48. The molecule has 0 amide bonds. The Morgan fingerprint density at radius 2 is 2.24 bits per heavy atom. The second-order valence-electron chi connectivity index (χ2n) is 3.85. The predicted octanol–water partition coefficient (Wildman–Crippen LogP) is 3.47. The molecule has 1 heterocycles. The van der Waals surface area contributed by atoms with Gasteiger partial charge in [0.1, 0.15) is 16.2 Å². The quantitative estimate of drug-likeness (QED) is 0.938. The van der Waals surface area contributed by atoms with Crippen LogP contribution < -0.4 is 4.74 Å². The first kappa shape index (κ1) is 12.2. The number of ether oxygens (including phenoxy) is 1. The van der Waals surface area contributed by atoms with E-state index in [2.05, 4.69) is 38.0 Å². The monoisotopic (exact) mass is 294 g/mol. The Balaban J connectivity index is 2.18. The molecular formula is C13H15BrN2O. The van der Waals surface area contributed by atoms with Crippen LogP contribution in [0.15, 0.2) is 28.9 Å². The molecule has 1 aromatic carbocycles. The predicted molar refractivity (Wildman–Crippen MR) is 71.4 cm³/mol. The first-order valence-electron chi connectivity index (χ1n) is 5.61. The van der Waals surface area contributed by atoms with E-state index in [1.807, 2.05) is 26.0 Å². The van der Waals surface area contributed by atoms with E-state index in [0.717, 1.165) is 28.3 Å². The number of rotatable bonds is 4. The Morgan fingerprint density at radius 1 is 1.41 bits per heavy atom. The van der Waals surface area contributed by atoms with Crippen molar-refractivity contribution < 1.29 is 4.74 Å². The van der Waals surface area contributed by atoms with Crippen LogP contribution in [0.1, 0.15) is 24.0 Å². The Hall–Kier alpha value is -1.29. The van der Waals surface area contributed by atoms with Crippen LogP contribution in [0.2, 0.25) is 0 Å². The molecule has 1 N–H and O–H groups in total. The molecule has 0 radical (unpaired) electrons. The molecule has 17 heavy (non-hydrogen) atoms. The van der Waals surface area contributed by atoms with Gasteiger partial charge in [-0.05, 0) is 47.5 Å². The van der Waals surface area contributed by atoms with Crippen molar-refractivity contribution in [2.24, 2.45) is 0 Å². The second-order valence-corrected chi connectivity index (χ2v) is 4.60. The summed E-state index contributed by atoms with van der Waals surface area (Å²) in [5.74, 6) is 1.84. The molecule has 90 valence electrons. The first-order chi connectivity index (χ1) is 8.19. The van der Waals surface area contributed by atoms with Gasteiger partial charge in [-0.3, -0.25) is 0 Å². The van der Waals surface area contributed by atoms with Gasteiger partial charge in [0.25, 0.3) is 0 Å². The van der Waals surface area contributed by atoms with Crippen molar-refractivity contribution in [3.05, 3.63) is 46.0 Å². The van der Waals surface area contributed by atoms with Gasteiger partial charge >= 0.3 is 0 Å². The van der Waals surface area contributed by atoms with Gasteiger partial charge < -0.3 is 9.72 Å². The smallest absolute Gasteiger partial charge is 0.127 e. The van der Waals surface area contributed by atoms with Crippen LogP contribution in [0.25, 0.3) is 0 Å². The van der Waals surface area contributed by atoms with Crippen molar-refractivity contribution in [3.8, 4) is 5.75 Å². The lowest BCUT2D eigenvalue weighted by Crippen LogP contribution is -1.94. The Labute approximate surface area is 109 Å². The van der Waals surface area contributed by atoms with Crippen molar-refractivity contribution in [1.82, 2.24) is 9.97 Å². The van der Waals surface area contributed by atoms with E-state index in [0.29, 0.717) is 6.61 Å². The van der Waals surface area contributed by atoms with Crippen LogP contribution in [-0.4, -0.2) is 16.6 Å². The van der Waals surface area contributed by atoms with Gasteiger partial charge in [-0.2, -0.15) is 0 Å². The topological polar surface area (TPSA) is 37.9 Å². The van der Waals surface area contributed by atoms with E-state index in [1.54, 1.807) is 0 Å². The van der Waals surface area contributed by atoms with Gasteiger partial charge in [0.05, 0.1) is 12.3 Å². The van der Waals surface area contributed by atoms with Crippen molar-refractivity contribution in [3.63, 3.8) is 0 Å². The maximum atomic E-state index is 5.48. The third-order valence-electron chi connectivity index (χ3n) is 2.44. The van der Waals surface area contributed by atoms with Gasteiger partial charge in [0.2, 0.25) is 0 Å². The van der Waals surface area contributed by atoms with E-state index in [9.17, 15) is 0 Å². The number of imidazole rings is 1. The van der Waals surface area contributed by atoms with Gasteiger partial charge in [-0.25, -0.2) is 4.98 Å². The number of halogens is 1. The van der Waals surface area contributed by atoms with Crippen LogP contribution >= 0.6 is 15.9 Å². The standard InChI is InChI=1S/C13H15BrN2O/c1-3-17-11-6-4-5-10(7-11)8-12-13(14)16-9(2)15-12/h4-7H,3,8H2,1-2H3,(H,15,16). The van der Waals surface area contributed by atoms with Crippen molar-refractivity contribution in [2.75, 3.05) is 6.61 Å². The lowest BCUT2D eigenvalue weighted by atomic mass is 10.1. The summed E-state index contributed by atoms with van der Waals surface area (Å²) in [6.45, 7) is 4.63. The van der Waals surface area contributed by atoms with Crippen LogP contribution in [-0.2, 0) is 6.42 Å². The van der Waals surface area contributed by atoms with Crippen LogP contribution in [0.4, 0.5) is 0 Å². The number of nitrogens with one attached hydrogen (secondary N) is 1. The SMILES string of the molecule is CCOc1cccc(Cc2[nH]c(C)nc2Br)c1. The molecule has 4 heteroatoms. The van der Waals surface area contributed by atoms with E-state index >= 15 is 0 Å². The van der Waals surface area contributed by atoms with Gasteiger partial charge in [-0.15, -0.1) is 0 Å². The molecule has 0 aliphatic rings. The summed E-state index contributed by atoms with van der Waals surface area (Å²) in [5, 5.41) is 0. The summed E-state index contributed by atoms with van der Waals surface area (Å²) < 4.78 is 6.37. The zero-order valence-corrected chi connectivity index (χ0v) is 11.5. The molecule has 2 aromatic rings. The second kappa shape index (κ2) is 5.36. The minimum atomic E-state index is 0.691. The maximum Gasteiger partial charge on any atom is 0.127 e. The molecule has 0 unspecified atom stereocenters. The van der Waals surface area contributed by atoms with Gasteiger partial charge in [0, 0.05) is 6.42 Å². The number of H-pyrrole nitrogens is 1. The highest BCUT2D eigenvalue weighted by molar-refractivity contribution is 9.10. The fourth-order valence-electron chi connectivity index (χ4n) is 1.75. The van der Waals surface area contributed by atoms with Crippen molar-refractivity contribution in [2.45, 2.75) is 20.3 Å². The Kier molecular flexibility index (Phi) is 3.84. The molecular weight excluding hydrogens is 280 g/mol. The molecule has 0 saturated heterocycles. The van der Waals surface area contributed by atoms with E-state index in [4.69, 9.17) is 4.74 Å². The Bertz CT molecular complexity index is 508. The number of hydrogen-bond acceptors (Lipinski definition) is 2. The lowest BCUT2D eigenvalue weighted by Gasteiger charge is -2.05. The molecule has 2 rings (SSSR count). The zero-order chi connectivity index (χ0) is 12.3. The van der Waals surface area contributed by atoms with Gasteiger partial charge in [-0.1, -0.05) is 12.1 Å². The molecule has 0 atom stereocenters. The zero-order valence-electron chi connectivity index (χ0n) is 9.96. The molecule has 3 nitrogen and oxygen atoms in total. The molecule has 1 aromatic heterocycles. The van der Waals surface area contributed by atoms with Gasteiger partial charge in [0.15, 0.2) is 0 Å². The van der Waals surface area contributed by atoms with E-state index in [1.165, 1.54) is 5.56 Å². The summed E-state index contributed by atoms with van der Waals surface area (Å²) in [4.78, 5) is 7.54. The van der Waals surface area contributed by atoms with E-state index in [-0.39, 0.29) is 0 Å². The summed E-state index contributed by atoms with van der Waals surface area (Å²) in [7, 11) is 0. The number of aromatic nitrogens is 2. The fourth-order valence-corrected chi connectivity index (χ4v) is 2.25. The van der Waals surface area contributed by atoms with Crippen molar-refractivity contribution >= 4 is 15.9 Å². The minimum Gasteiger partial charge on any atom is -0.494 e. The normalized spacial score (nSPS) is 10.5. The van der Waals surface area contributed by atoms with Crippen LogP contribution in [0, 0.1) is 6.92 Å². The highest BCUT2D eigenvalue weighted by Gasteiger charge is 2.06. The molecule has 0 bridgehead atoms. The molecule has 0 saturated carbocycles. The number of hydrogen-bond donors (Lipinski definition) is 1. The molecule has 0 aliphatic carbocycles. The fraction of sp³-hybridized carbons (Fsp3) is 0.308. The molecule has 0 spiro atoms. The largest absolute Gasteiger partial charge is 0.494 e. The number of aryl methyl sites for hydroxylation is 1. The summed E-state index contributed by atoms with van der Waals surface area (Å²) in [6.07, 6.45) is 0.822. The Morgan fingerprint density at radius 3 is 2.88 bits per heavy atom. The number of benzene rings is 1. The minimum absolute atomic E-state index is 0.691. The average molecular weight is 295 g/mol. The molecule has 0 fully saturated rings. The third kappa shape index (κ3) is 3.09. The third-order valence-corrected chi connectivity index (χ3v) is 3.09. The summed E-state index contributed by atoms with van der Waals surface area (Å²) in [5.41, 5.74) is 2.30. The highest BCUT2D eigenvalue weighted by atomic mass is 79.9. The molecule has 0 aliphatic heterocycles. The van der Waals surface area contributed by atoms with Crippen LogP contribution in [0.5, 0.6) is 5.75 Å². The summed E-state index contributed by atoms with van der Waals surface area (Å²) in [6, 6.07) is 8.13.